The van der Waals surface area contributed by atoms with Crippen molar-refractivity contribution in [2.45, 2.75) is 38.2 Å². The molecule has 1 aliphatic carbocycles. The molecule has 5 rings (SSSR count). The summed E-state index contributed by atoms with van der Waals surface area (Å²) in [6, 6.07) is 9.91. The average Bonchev–Trinajstić information content (AvgIpc) is 3.24. The molecule has 0 saturated heterocycles. The quantitative estimate of drug-likeness (QED) is 0.346. The number of carboxylic acid groups (broad SMARTS) is 1. The van der Waals surface area contributed by atoms with Crippen LogP contribution in [0.5, 0.6) is 5.88 Å². The molecule has 0 atom stereocenters. The maximum atomic E-state index is 14.9. The van der Waals surface area contributed by atoms with E-state index in [9.17, 15) is 18.0 Å². The number of H-pyrrole nitrogens is 1. The van der Waals surface area contributed by atoms with Crippen molar-refractivity contribution in [3.05, 3.63) is 66.1 Å². The summed E-state index contributed by atoms with van der Waals surface area (Å²) in [7, 11) is 0. The fourth-order valence-corrected chi connectivity index (χ4v) is 4.55. The highest BCUT2D eigenvalue weighted by Gasteiger charge is 2.24. The minimum absolute atomic E-state index is 0.00255. The summed E-state index contributed by atoms with van der Waals surface area (Å²) in [5.74, 6) is -2.13. The van der Waals surface area contributed by atoms with Gasteiger partial charge in [-0.1, -0.05) is 6.07 Å². The molecule has 2 aromatic heterocycles. The molecular weight excluding hydrogens is 459 g/mol. The number of carbonyl (C=O) groups is 1. The van der Waals surface area contributed by atoms with Crippen molar-refractivity contribution in [1.82, 2.24) is 15.0 Å². The molecular formula is C26H22F3N3O3. The number of ether oxygens (including phenoxy) is 1. The van der Waals surface area contributed by atoms with Gasteiger partial charge in [0.1, 0.15) is 29.1 Å². The van der Waals surface area contributed by atoms with E-state index in [1.165, 1.54) is 12.1 Å². The Kier molecular flexibility index (Phi) is 6.15. The summed E-state index contributed by atoms with van der Waals surface area (Å²) in [4.78, 5) is 22.0. The molecule has 0 bridgehead atoms. The Morgan fingerprint density at radius 2 is 1.77 bits per heavy atom. The largest absolute Gasteiger partial charge is 0.481 e. The Morgan fingerprint density at radius 1 is 1.00 bits per heavy atom. The highest BCUT2D eigenvalue weighted by atomic mass is 19.1. The third kappa shape index (κ3) is 4.99. The van der Waals surface area contributed by atoms with Gasteiger partial charge in [0.05, 0.1) is 11.1 Å². The first-order valence-corrected chi connectivity index (χ1v) is 11.4. The van der Waals surface area contributed by atoms with Crippen molar-refractivity contribution >= 4 is 17.0 Å². The van der Waals surface area contributed by atoms with Crippen LogP contribution in [0.2, 0.25) is 0 Å². The fraction of sp³-hybridized carbons (Fsp3) is 0.269. The second-order valence-electron chi connectivity index (χ2n) is 8.81. The molecule has 1 saturated carbocycles. The van der Waals surface area contributed by atoms with E-state index >= 15 is 0 Å². The lowest BCUT2D eigenvalue weighted by Crippen LogP contribution is -2.25. The summed E-state index contributed by atoms with van der Waals surface area (Å²) in [6.07, 6.45) is 4.98. The highest BCUT2D eigenvalue weighted by molar-refractivity contribution is 5.80. The van der Waals surface area contributed by atoms with E-state index in [0.29, 0.717) is 17.0 Å². The number of imidazole rings is 1. The first-order valence-electron chi connectivity index (χ1n) is 11.4. The van der Waals surface area contributed by atoms with Gasteiger partial charge in [-0.3, -0.25) is 4.79 Å². The third-order valence-electron chi connectivity index (χ3n) is 6.34. The van der Waals surface area contributed by atoms with Gasteiger partial charge in [0.15, 0.2) is 5.82 Å². The Bertz CT molecular complexity index is 1380. The first-order chi connectivity index (χ1) is 16.9. The van der Waals surface area contributed by atoms with Gasteiger partial charge in [-0.2, -0.15) is 0 Å². The number of carboxylic acids is 1. The predicted octanol–water partition coefficient (Wildman–Crippen LogP) is 6.12. The lowest BCUT2D eigenvalue weighted by molar-refractivity contribution is -0.138. The van der Waals surface area contributed by atoms with E-state index < -0.39 is 23.4 Å². The Morgan fingerprint density at radius 3 is 2.46 bits per heavy atom. The van der Waals surface area contributed by atoms with Gasteiger partial charge in [0.25, 0.3) is 0 Å². The molecule has 0 spiro atoms. The Labute approximate surface area is 198 Å². The summed E-state index contributed by atoms with van der Waals surface area (Å²) in [6.45, 7) is 0. The molecule has 2 N–H and O–H groups in total. The van der Waals surface area contributed by atoms with Crippen molar-refractivity contribution in [3.8, 4) is 28.4 Å². The number of fused-ring (bicyclic) bond motifs is 1. The van der Waals surface area contributed by atoms with Gasteiger partial charge in [-0.25, -0.2) is 23.1 Å². The highest BCUT2D eigenvalue weighted by Crippen LogP contribution is 2.31. The molecule has 1 aliphatic rings. The van der Waals surface area contributed by atoms with E-state index in [0.717, 1.165) is 37.8 Å². The van der Waals surface area contributed by atoms with Crippen molar-refractivity contribution in [3.63, 3.8) is 0 Å². The van der Waals surface area contributed by atoms with Crippen molar-refractivity contribution in [2.75, 3.05) is 0 Å². The number of aromatic amines is 1. The number of aromatic nitrogens is 3. The average molecular weight is 481 g/mol. The number of hydrogen-bond acceptors (Lipinski definition) is 4. The van der Waals surface area contributed by atoms with Crippen molar-refractivity contribution < 1.29 is 27.8 Å². The number of aliphatic carboxylic acids is 1. The van der Waals surface area contributed by atoms with Gasteiger partial charge >= 0.3 is 5.97 Å². The monoisotopic (exact) mass is 481 g/mol. The van der Waals surface area contributed by atoms with Crippen LogP contribution in [0.3, 0.4) is 0 Å². The Balaban J connectivity index is 1.28. The van der Waals surface area contributed by atoms with E-state index in [-0.39, 0.29) is 40.9 Å². The van der Waals surface area contributed by atoms with Crippen molar-refractivity contribution in [2.24, 2.45) is 5.92 Å². The Hall–Kier alpha value is -3.88. The summed E-state index contributed by atoms with van der Waals surface area (Å²) < 4.78 is 48.3. The zero-order chi connectivity index (χ0) is 24.5. The molecule has 180 valence electrons. The SMILES string of the molecule is O=C(O)C[C@H]1CC[C@@H](Oc2ccc(-c3ccc(-c4nc5c(F)cc(F)cc5[nH]4)c(F)c3)cn2)CC1. The number of benzene rings is 2. The van der Waals surface area contributed by atoms with Crippen LogP contribution in [-0.2, 0) is 4.79 Å². The standard InChI is InChI=1S/C26H22F3N3O3/c27-17-11-21(29)25-22(12-17)31-26(32-25)19-7-3-15(10-20(19)28)16-4-8-23(30-13-16)35-18-5-1-14(2-6-18)9-24(33)34/h3-4,7-8,10-14,18H,1-2,5-6,9H2,(H,31,32)(H,33,34)/t14-,18+. The van der Waals surface area contributed by atoms with Gasteiger partial charge in [0, 0.05) is 30.3 Å². The molecule has 1 fully saturated rings. The zero-order valence-corrected chi connectivity index (χ0v) is 18.6. The summed E-state index contributed by atoms with van der Waals surface area (Å²) in [5, 5.41) is 8.93. The van der Waals surface area contributed by atoms with E-state index in [4.69, 9.17) is 9.84 Å². The number of pyridine rings is 1. The molecule has 2 heterocycles. The molecule has 0 aliphatic heterocycles. The topological polar surface area (TPSA) is 88.1 Å². The fourth-order valence-electron chi connectivity index (χ4n) is 4.55. The van der Waals surface area contributed by atoms with Crippen molar-refractivity contribution in [1.29, 1.82) is 0 Å². The minimum atomic E-state index is -0.818. The third-order valence-corrected chi connectivity index (χ3v) is 6.34. The maximum Gasteiger partial charge on any atom is 0.303 e. The lowest BCUT2D eigenvalue weighted by Gasteiger charge is -2.27. The molecule has 0 unspecified atom stereocenters. The predicted molar refractivity (Wildman–Crippen MR) is 123 cm³/mol. The van der Waals surface area contributed by atoms with Gasteiger partial charge in [0.2, 0.25) is 5.88 Å². The van der Waals surface area contributed by atoms with Crippen LogP contribution in [0.25, 0.3) is 33.5 Å². The molecule has 6 nitrogen and oxygen atoms in total. The van der Waals surface area contributed by atoms with Crippen LogP contribution in [-0.4, -0.2) is 32.1 Å². The van der Waals surface area contributed by atoms with Gasteiger partial charge < -0.3 is 14.8 Å². The number of rotatable bonds is 6. The molecule has 2 aromatic carbocycles. The van der Waals surface area contributed by atoms with E-state index in [1.807, 2.05) is 0 Å². The second kappa shape index (κ2) is 9.40. The molecule has 0 amide bonds. The maximum absolute atomic E-state index is 14.9. The number of halogens is 3. The molecule has 35 heavy (non-hydrogen) atoms. The molecule has 0 radical (unpaired) electrons. The van der Waals surface area contributed by atoms with Gasteiger partial charge in [-0.15, -0.1) is 0 Å². The smallest absolute Gasteiger partial charge is 0.303 e. The number of nitrogens with zero attached hydrogens (tertiary/aromatic N) is 2. The van der Waals surface area contributed by atoms with Crippen LogP contribution in [0.4, 0.5) is 13.2 Å². The normalized spacial score (nSPS) is 18.0. The zero-order valence-electron chi connectivity index (χ0n) is 18.6. The molecule has 4 aromatic rings. The summed E-state index contributed by atoms with van der Waals surface area (Å²) >= 11 is 0. The van der Waals surface area contributed by atoms with Gasteiger partial charge in [-0.05, 0) is 61.4 Å². The van der Waals surface area contributed by atoms with E-state index in [2.05, 4.69) is 15.0 Å². The summed E-state index contributed by atoms with van der Waals surface area (Å²) in [5.41, 5.74) is 1.51. The van der Waals surface area contributed by atoms with Crippen LogP contribution >= 0.6 is 0 Å². The first kappa shape index (κ1) is 22.9. The van der Waals surface area contributed by atoms with Crippen LogP contribution in [0.1, 0.15) is 32.1 Å². The lowest BCUT2D eigenvalue weighted by atomic mass is 9.85. The minimum Gasteiger partial charge on any atom is -0.481 e. The number of hydrogen-bond donors (Lipinski definition) is 2. The second-order valence-corrected chi connectivity index (χ2v) is 8.81. The number of nitrogens with one attached hydrogen (secondary N) is 1. The van der Waals surface area contributed by atoms with E-state index in [1.54, 1.807) is 24.4 Å². The van der Waals surface area contributed by atoms with Crippen LogP contribution in [0, 0.1) is 23.4 Å². The van der Waals surface area contributed by atoms with Crippen LogP contribution < -0.4 is 4.74 Å². The molecule has 9 heteroatoms. The van der Waals surface area contributed by atoms with Crippen LogP contribution in [0.15, 0.2) is 48.7 Å².